The summed E-state index contributed by atoms with van der Waals surface area (Å²) < 4.78 is 65.6. The fourth-order valence-electron chi connectivity index (χ4n) is 3.22. The number of hydrogen-bond acceptors (Lipinski definition) is 12. The zero-order valence-corrected chi connectivity index (χ0v) is 27.4. The molecule has 0 bridgehead atoms. The molecule has 0 unspecified atom stereocenters. The standard InChI is InChI=1S/C31H64O12/c1-3-5-7-9-33-11-13-35-15-17-37-19-21-39-23-25-41-27-29-43-31-30-42-28-26-40-24-22-38-20-18-36-16-14-34-12-10-32-8-6-4-2/h3-31H2,1-2H3. The number of rotatable bonds is 40. The van der Waals surface area contributed by atoms with Gasteiger partial charge in [0.1, 0.15) is 0 Å². The third-order valence-electron chi connectivity index (χ3n) is 5.63. The second-order valence-corrected chi connectivity index (χ2v) is 9.41. The first-order valence-electron chi connectivity index (χ1n) is 16.3. The molecule has 0 saturated heterocycles. The van der Waals surface area contributed by atoms with Gasteiger partial charge in [0.25, 0.3) is 0 Å². The van der Waals surface area contributed by atoms with Crippen molar-refractivity contribution < 1.29 is 56.8 Å². The molecule has 0 saturated carbocycles. The van der Waals surface area contributed by atoms with Gasteiger partial charge in [-0.3, -0.25) is 0 Å². The second kappa shape index (κ2) is 41.5. The lowest BCUT2D eigenvalue weighted by atomic mass is 10.3. The lowest BCUT2D eigenvalue weighted by Crippen LogP contribution is -2.15. The monoisotopic (exact) mass is 628 g/mol. The Labute approximate surface area is 261 Å². The molecule has 12 heteroatoms. The highest BCUT2D eigenvalue weighted by molar-refractivity contribution is 4.40. The Kier molecular flexibility index (Phi) is 41.1. The third-order valence-corrected chi connectivity index (χ3v) is 5.63. The molecule has 0 aromatic carbocycles. The van der Waals surface area contributed by atoms with Crippen LogP contribution in [0.2, 0.25) is 0 Å². The molecule has 0 amide bonds. The SMILES string of the molecule is CCCCCOCCOCCOCCOCCOCCOCCOCCOCCOCCOCCOCCOCCCC. The van der Waals surface area contributed by atoms with Crippen molar-refractivity contribution in [3.63, 3.8) is 0 Å². The maximum absolute atomic E-state index is 5.48. The summed E-state index contributed by atoms with van der Waals surface area (Å²) in [6, 6.07) is 0. The summed E-state index contributed by atoms with van der Waals surface area (Å²) in [5.41, 5.74) is 0. The quantitative estimate of drug-likeness (QED) is 0.0930. The Hall–Kier alpha value is -0.480. The molecular weight excluding hydrogens is 564 g/mol. The van der Waals surface area contributed by atoms with Crippen molar-refractivity contribution in [3.8, 4) is 0 Å². The highest BCUT2D eigenvalue weighted by Crippen LogP contribution is 1.94. The van der Waals surface area contributed by atoms with Gasteiger partial charge in [0.2, 0.25) is 0 Å². The molecule has 0 heterocycles. The third kappa shape index (κ3) is 41.5. The van der Waals surface area contributed by atoms with Gasteiger partial charge in [-0.05, 0) is 12.8 Å². The van der Waals surface area contributed by atoms with Crippen molar-refractivity contribution in [3.05, 3.63) is 0 Å². The molecule has 0 N–H and O–H groups in total. The van der Waals surface area contributed by atoms with Crippen molar-refractivity contribution in [1.29, 1.82) is 0 Å². The van der Waals surface area contributed by atoms with Crippen molar-refractivity contribution in [2.45, 2.75) is 46.0 Å². The summed E-state index contributed by atoms with van der Waals surface area (Å²) in [5, 5.41) is 0. The minimum Gasteiger partial charge on any atom is -0.379 e. The maximum atomic E-state index is 5.48. The van der Waals surface area contributed by atoms with Gasteiger partial charge in [-0.1, -0.05) is 33.1 Å². The van der Waals surface area contributed by atoms with E-state index in [0.717, 1.165) is 32.5 Å². The second-order valence-electron chi connectivity index (χ2n) is 9.41. The number of unbranched alkanes of at least 4 members (excludes halogenated alkanes) is 3. The molecule has 0 aliphatic carbocycles. The number of hydrogen-bond donors (Lipinski definition) is 0. The van der Waals surface area contributed by atoms with Crippen LogP contribution in [0.25, 0.3) is 0 Å². The predicted molar refractivity (Wildman–Crippen MR) is 164 cm³/mol. The summed E-state index contributed by atoms with van der Waals surface area (Å²) in [5.74, 6) is 0. The zero-order chi connectivity index (χ0) is 31.0. The van der Waals surface area contributed by atoms with Crippen molar-refractivity contribution in [1.82, 2.24) is 0 Å². The average molecular weight is 629 g/mol. The van der Waals surface area contributed by atoms with Crippen LogP contribution in [0, 0.1) is 0 Å². The molecule has 0 rings (SSSR count). The highest BCUT2D eigenvalue weighted by atomic mass is 16.6. The minimum absolute atomic E-state index is 0.522. The van der Waals surface area contributed by atoms with E-state index in [0.29, 0.717) is 145 Å². The molecule has 260 valence electrons. The van der Waals surface area contributed by atoms with E-state index < -0.39 is 0 Å². The van der Waals surface area contributed by atoms with Gasteiger partial charge in [0, 0.05) is 13.2 Å². The Morgan fingerprint density at radius 1 is 0.186 bits per heavy atom. The lowest BCUT2D eigenvalue weighted by Gasteiger charge is -2.09. The first-order chi connectivity index (χ1) is 21.4. The van der Waals surface area contributed by atoms with Gasteiger partial charge >= 0.3 is 0 Å². The molecule has 43 heavy (non-hydrogen) atoms. The van der Waals surface area contributed by atoms with Crippen molar-refractivity contribution in [2.75, 3.05) is 159 Å². The summed E-state index contributed by atoms with van der Waals surface area (Å²) in [6.07, 6.45) is 5.79. The van der Waals surface area contributed by atoms with Crippen LogP contribution in [-0.4, -0.2) is 159 Å². The average Bonchev–Trinajstić information content (AvgIpc) is 3.02. The molecule has 12 nitrogen and oxygen atoms in total. The summed E-state index contributed by atoms with van der Waals surface area (Å²) >= 11 is 0. The van der Waals surface area contributed by atoms with Crippen LogP contribution in [0.5, 0.6) is 0 Å². The topological polar surface area (TPSA) is 111 Å². The van der Waals surface area contributed by atoms with Crippen LogP contribution in [0.3, 0.4) is 0 Å². The molecule has 0 atom stereocenters. The number of ether oxygens (including phenoxy) is 12. The van der Waals surface area contributed by atoms with Crippen LogP contribution in [0.4, 0.5) is 0 Å². The molecule has 0 aromatic heterocycles. The van der Waals surface area contributed by atoms with E-state index in [9.17, 15) is 0 Å². The molecule has 0 aliphatic rings. The van der Waals surface area contributed by atoms with E-state index in [4.69, 9.17) is 56.8 Å². The van der Waals surface area contributed by atoms with E-state index in [1.165, 1.54) is 12.8 Å². The van der Waals surface area contributed by atoms with E-state index in [1.807, 2.05) is 0 Å². The molecule has 0 spiro atoms. The normalized spacial score (nSPS) is 11.6. The van der Waals surface area contributed by atoms with Gasteiger partial charge in [-0.2, -0.15) is 0 Å². The van der Waals surface area contributed by atoms with E-state index >= 15 is 0 Å². The van der Waals surface area contributed by atoms with Gasteiger partial charge in [-0.15, -0.1) is 0 Å². The van der Waals surface area contributed by atoms with E-state index in [2.05, 4.69) is 13.8 Å². The van der Waals surface area contributed by atoms with Gasteiger partial charge in [-0.25, -0.2) is 0 Å². The molecule has 0 aliphatic heterocycles. The fraction of sp³-hybridized carbons (Fsp3) is 1.00. The fourth-order valence-corrected chi connectivity index (χ4v) is 3.22. The Bertz CT molecular complexity index is 436. The van der Waals surface area contributed by atoms with Gasteiger partial charge in [0.05, 0.1) is 145 Å². The first kappa shape index (κ1) is 42.5. The largest absolute Gasteiger partial charge is 0.379 e. The highest BCUT2D eigenvalue weighted by Gasteiger charge is 1.96. The Morgan fingerprint density at radius 2 is 0.349 bits per heavy atom. The molecule has 0 radical (unpaired) electrons. The van der Waals surface area contributed by atoms with Gasteiger partial charge in [0.15, 0.2) is 0 Å². The summed E-state index contributed by atoms with van der Waals surface area (Å²) in [6.45, 7) is 18.1. The molecular formula is C31H64O12. The van der Waals surface area contributed by atoms with E-state index in [-0.39, 0.29) is 0 Å². The minimum atomic E-state index is 0.522. The lowest BCUT2D eigenvalue weighted by molar-refractivity contribution is -0.0283. The summed E-state index contributed by atoms with van der Waals surface area (Å²) in [7, 11) is 0. The van der Waals surface area contributed by atoms with Crippen LogP contribution in [-0.2, 0) is 56.8 Å². The van der Waals surface area contributed by atoms with Crippen LogP contribution >= 0.6 is 0 Å². The van der Waals surface area contributed by atoms with Crippen molar-refractivity contribution >= 4 is 0 Å². The van der Waals surface area contributed by atoms with Crippen LogP contribution in [0.15, 0.2) is 0 Å². The summed E-state index contributed by atoms with van der Waals surface area (Å²) in [4.78, 5) is 0. The molecule has 0 aromatic rings. The Morgan fingerprint density at radius 3 is 0.535 bits per heavy atom. The smallest absolute Gasteiger partial charge is 0.0701 e. The predicted octanol–water partition coefficient (Wildman–Crippen LogP) is 3.18. The van der Waals surface area contributed by atoms with Crippen LogP contribution in [0.1, 0.15) is 46.0 Å². The zero-order valence-electron chi connectivity index (χ0n) is 27.4. The first-order valence-corrected chi connectivity index (χ1v) is 16.3. The maximum Gasteiger partial charge on any atom is 0.0701 e. The van der Waals surface area contributed by atoms with Crippen LogP contribution < -0.4 is 0 Å². The van der Waals surface area contributed by atoms with Crippen molar-refractivity contribution in [2.24, 2.45) is 0 Å². The molecule has 0 fully saturated rings. The van der Waals surface area contributed by atoms with E-state index in [1.54, 1.807) is 0 Å². The Balaban J connectivity index is 3.02. The van der Waals surface area contributed by atoms with Gasteiger partial charge < -0.3 is 56.8 Å².